The topological polar surface area (TPSA) is 35.6 Å². The number of aromatic nitrogens is 4. The van der Waals surface area contributed by atoms with E-state index in [4.69, 9.17) is 12.2 Å². The first-order valence-corrected chi connectivity index (χ1v) is 3.79. The molecule has 2 aromatic heterocycles. The maximum atomic E-state index is 5.14. The molecule has 0 aromatic carbocycles. The van der Waals surface area contributed by atoms with E-state index in [0.29, 0.717) is 5.11 Å². The summed E-state index contributed by atoms with van der Waals surface area (Å²) in [7, 11) is 0. The van der Waals surface area contributed by atoms with Crippen LogP contribution in [0.2, 0.25) is 0 Å². The molecule has 0 atom stereocenters. The van der Waals surface area contributed by atoms with Crippen LogP contribution >= 0.6 is 12.2 Å². The van der Waals surface area contributed by atoms with Gasteiger partial charge in [-0.3, -0.25) is 9.13 Å². The van der Waals surface area contributed by atoms with Crippen molar-refractivity contribution in [3.05, 3.63) is 37.4 Å². The summed E-state index contributed by atoms with van der Waals surface area (Å²) in [5.41, 5.74) is 0. The monoisotopic (exact) mass is 220 g/mol. The Kier molecular flexibility index (Phi) is 4.05. The minimum atomic E-state index is 0. The van der Waals surface area contributed by atoms with Gasteiger partial charge in [-0.1, -0.05) is 0 Å². The van der Waals surface area contributed by atoms with Gasteiger partial charge >= 0.3 is 37.7 Å². The molecule has 0 spiro atoms. The first kappa shape index (κ1) is 10.8. The van der Waals surface area contributed by atoms with Gasteiger partial charge in [0.1, 0.15) is 12.7 Å². The standard InChI is InChI=1S/C7H6N4S.Ca.2H/c12-7(10-3-1-8-5-10)11-4-2-9-6-11;;;/h1-6H;;;/q;+2;2*-1. The second-order valence-electron chi connectivity index (χ2n) is 2.22. The van der Waals surface area contributed by atoms with E-state index in [1.54, 1.807) is 46.6 Å². The molecule has 0 aliphatic carbocycles. The average molecular weight is 220 g/mol. The fourth-order valence-electron chi connectivity index (χ4n) is 0.878. The van der Waals surface area contributed by atoms with Crippen molar-refractivity contribution < 1.29 is 2.85 Å². The van der Waals surface area contributed by atoms with Crippen molar-refractivity contribution >= 4 is 55.1 Å². The molecule has 0 amide bonds. The van der Waals surface area contributed by atoms with E-state index in [1.807, 2.05) is 0 Å². The van der Waals surface area contributed by atoms with Gasteiger partial charge in [0.2, 0.25) is 0 Å². The second kappa shape index (κ2) is 4.85. The van der Waals surface area contributed by atoms with E-state index < -0.39 is 0 Å². The molecule has 0 saturated heterocycles. The van der Waals surface area contributed by atoms with Gasteiger partial charge in [0.15, 0.2) is 5.11 Å². The first-order valence-electron chi connectivity index (χ1n) is 3.38. The van der Waals surface area contributed by atoms with Gasteiger partial charge in [0.05, 0.1) is 0 Å². The van der Waals surface area contributed by atoms with E-state index in [2.05, 4.69) is 9.97 Å². The molecule has 0 fully saturated rings. The minimum absolute atomic E-state index is 0. The summed E-state index contributed by atoms with van der Waals surface area (Å²) in [4.78, 5) is 7.79. The normalized spacial score (nSPS) is 9.23. The van der Waals surface area contributed by atoms with Gasteiger partial charge in [0, 0.05) is 24.8 Å². The van der Waals surface area contributed by atoms with Crippen molar-refractivity contribution in [2.75, 3.05) is 0 Å². The Hall–Kier alpha value is -0.230. The van der Waals surface area contributed by atoms with E-state index in [1.165, 1.54) is 0 Å². The maximum Gasteiger partial charge on any atom is 2.00 e. The smallest absolute Gasteiger partial charge is 1.00 e. The molecule has 0 aliphatic heterocycles. The van der Waals surface area contributed by atoms with Crippen LogP contribution in [0.1, 0.15) is 2.85 Å². The summed E-state index contributed by atoms with van der Waals surface area (Å²) in [6, 6.07) is 0. The molecule has 13 heavy (non-hydrogen) atoms. The third-order valence-electron chi connectivity index (χ3n) is 1.45. The summed E-state index contributed by atoms with van der Waals surface area (Å²) in [5.74, 6) is 0. The van der Waals surface area contributed by atoms with Crippen LogP contribution in [0.15, 0.2) is 37.4 Å². The third kappa shape index (κ3) is 2.37. The van der Waals surface area contributed by atoms with Crippen LogP contribution in [0, 0.1) is 0 Å². The van der Waals surface area contributed by atoms with Gasteiger partial charge in [-0.05, 0) is 12.2 Å². The summed E-state index contributed by atoms with van der Waals surface area (Å²) in [6.07, 6.45) is 10.3. The molecule has 0 radical (unpaired) electrons. The van der Waals surface area contributed by atoms with Crippen molar-refractivity contribution in [3.63, 3.8) is 0 Å². The summed E-state index contributed by atoms with van der Waals surface area (Å²) in [6.45, 7) is 0. The number of rotatable bonds is 0. The summed E-state index contributed by atoms with van der Waals surface area (Å²) >= 11 is 5.14. The molecule has 2 rings (SSSR count). The largest absolute Gasteiger partial charge is 2.00 e. The SMILES string of the molecule is S=C(n1ccnc1)n1ccnc1.[Ca+2].[H-].[H-]. The van der Waals surface area contributed by atoms with Crippen molar-refractivity contribution in [3.8, 4) is 0 Å². The third-order valence-corrected chi connectivity index (χ3v) is 1.87. The van der Waals surface area contributed by atoms with Crippen molar-refractivity contribution in [1.29, 1.82) is 0 Å². The molecular weight excluding hydrogens is 212 g/mol. The number of imidazole rings is 2. The molecule has 4 nitrogen and oxygen atoms in total. The number of hydrogen-bond acceptors (Lipinski definition) is 3. The van der Waals surface area contributed by atoms with Crippen LogP contribution in [0.5, 0.6) is 0 Å². The Morgan fingerprint density at radius 3 is 1.85 bits per heavy atom. The predicted molar refractivity (Wildman–Crippen MR) is 55.8 cm³/mol. The fourth-order valence-corrected chi connectivity index (χ4v) is 1.09. The van der Waals surface area contributed by atoms with Crippen molar-refractivity contribution in [1.82, 2.24) is 19.1 Å². The Morgan fingerprint density at radius 1 is 1.08 bits per heavy atom. The van der Waals surface area contributed by atoms with E-state index in [-0.39, 0.29) is 40.6 Å². The zero-order chi connectivity index (χ0) is 8.39. The van der Waals surface area contributed by atoms with Crippen LogP contribution in [0.3, 0.4) is 0 Å². The fraction of sp³-hybridized carbons (Fsp3) is 0. The van der Waals surface area contributed by atoms with Crippen LogP contribution in [0.25, 0.3) is 0 Å². The second-order valence-corrected chi connectivity index (χ2v) is 2.59. The Morgan fingerprint density at radius 2 is 1.54 bits per heavy atom. The molecule has 0 aliphatic rings. The van der Waals surface area contributed by atoms with Gasteiger partial charge in [-0.25, -0.2) is 9.97 Å². The molecule has 6 heteroatoms. The van der Waals surface area contributed by atoms with Crippen LogP contribution < -0.4 is 0 Å². The van der Waals surface area contributed by atoms with Crippen molar-refractivity contribution in [2.45, 2.75) is 0 Å². The maximum absolute atomic E-state index is 5.14. The Labute approximate surface area is 114 Å². The van der Waals surface area contributed by atoms with Gasteiger partial charge in [-0.15, -0.1) is 0 Å². The number of thiocarbonyl (C=S) groups is 1. The van der Waals surface area contributed by atoms with Gasteiger partial charge < -0.3 is 2.85 Å². The Bertz CT molecular complexity index is 339. The van der Waals surface area contributed by atoms with E-state index in [0.717, 1.165) is 0 Å². The molecule has 0 bridgehead atoms. The first-order chi connectivity index (χ1) is 5.88. The van der Waals surface area contributed by atoms with Gasteiger partial charge in [-0.2, -0.15) is 0 Å². The molecule has 2 heterocycles. The van der Waals surface area contributed by atoms with Crippen molar-refractivity contribution in [2.24, 2.45) is 0 Å². The zero-order valence-electron chi connectivity index (χ0n) is 8.87. The molecule has 0 saturated carbocycles. The molecule has 64 valence electrons. The molecule has 0 N–H and O–H groups in total. The quantitative estimate of drug-likeness (QED) is 0.482. The van der Waals surface area contributed by atoms with Crippen LogP contribution in [-0.2, 0) is 0 Å². The van der Waals surface area contributed by atoms with Crippen LogP contribution in [-0.4, -0.2) is 62.0 Å². The number of nitrogens with zero attached hydrogens (tertiary/aromatic N) is 4. The molecule has 0 unspecified atom stereocenters. The Balaban J connectivity index is 0. The minimum Gasteiger partial charge on any atom is -1.00 e. The number of hydrogen-bond donors (Lipinski definition) is 0. The predicted octanol–water partition coefficient (Wildman–Crippen LogP) is 0.605. The molecular formula is C7H8CaN4S. The van der Waals surface area contributed by atoms with E-state index in [9.17, 15) is 0 Å². The zero-order valence-corrected chi connectivity index (χ0v) is 9.89. The van der Waals surface area contributed by atoms with E-state index >= 15 is 0 Å². The average Bonchev–Trinajstić information content (AvgIpc) is 2.77. The summed E-state index contributed by atoms with van der Waals surface area (Å²) in [5, 5.41) is 0.644. The molecule has 2 aromatic rings. The van der Waals surface area contributed by atoms with Gasteiger partial charge in [0.25, 0.3) is 0 Å². The summed E-state index contributed by atoms with van der Waals surface area (Å²) < 4.78 is 3.49. The van der Waals surface area contributed by atoms with Crippen LogP contribution in [0.4, 0.5) is 0 Å².